The summed E-state index contributed by atoms with van der Waals surface area (Å²) in [5, 5.41) is 22.0. The molecule has 18 nitrogen and oxygen atoms in total. The molecule has 248 valence electrons. The molecule has 5 rings (SSSR count). The van der Waals surface area contributed by atoms with Gasteiger partial charge in [0.2, 0.25) is 12.4 Å². The summed E-state index contributed by atoms with van der Waals surface area (Å²) in [6.45, 7) is 6.18. The molecule has 0 spiro atoms. The number of fused-ring (bicyclic) bond motifs is 2. The number of primary amides is 1. The molecule has 3 aromatic rings. The number of hydrogen-bond donors (Lipinski definition) is 4. The second-order valence-electron chi connectivity index (χ2n) is 11.0. The van der Waals surface area contributed by atoms with E-state index >= 15 is 0 Å². The monoisotopic (exact) mass is 704 g/mol. The van der Waals surface area contributed by atoms with Crippen molar-refractivity contribution >= 4 is 81.1 Å². The Hall–Kier alpha value is -4.76. The Labute approximate surface area is 278 Å². The Kier molecular flexibility index (Phi) is 9.41. The molecule has 0 radical (unpaired) electrons. The zero-order valence-electron chi connectivity index (χ0n) is 25.2. The molecule has 2 atom stereocenters. The van der Waals surface area contributed by atoms with Crippen LogP contribution in [0, 0.1) is 6.92 Å². The third kappa shape index (κ3) is 7.30. The van der Waals surface area contributed by atoms with Gasteiger partial charge in [0, 0.05) is 22.6 Å². The fraction of sp³-hybridized carbons (Fsp3) is 0.385. The smallest absolute Gasteiger partial charge is 0.352 e. The van der Waals surface area contributed by atoms with Gasteiger partial charge in [0.15, 0.2) is 10.8 Å². The number of oxime groups is 1. The van der Waals surface area contributed by atoms with E-state index in [0.717, 1.165) is 16.2 Å². The average molecular weight is 705 g/mol. The van der Waals surface area contributed by atoms with Crippen molar-refractivity contribution in [1.82, 2.24) is 34.8 Å². The summed E-state index contributed by atoms with van der Waals surface area (Å²) in [5.74, 6) is -4.02. The van der Waals surface area contributed by atoms with Crippen molar-refractivity contribution in [2.45, 2.75) is 49.7 Å². The van der Waals surface area contributed by atoms with E-state index in [1.54, 1.807) is 33.8 Å². The molecule has 5 heterocycles. The van der Waals surface area contributed by atoms with Gasteiger partial charge in [-0.3, -0.25) is 19.3 Å². The molecule has 0 aromatic carbocycles. The summed E-state index contributed by atoms with van der Waals surface area (Å²) in [7, 11) is 0. The molecule has 1 fully saturated rings. The van der Waals surface area contributed by atoms with Gasteiger partial charge in [0.05, 0.1) is 0 Å². The van der Waals surface area contributed by atoms with E-state index in [1.165, 1.54) is 33.4 Å². The molecule has 2 aliphatic heterocycles. The molecule has 2 aliphatic rings. The number of amides is 3. The normalized spacial score (nSPS) is 18.1. The summed E-state index contributed by atoms with van der Waals surface area (Å²) in [4.78, 5) is 81.2. The minimum atomic E-state index is -1.31. The highest BCUT2D eigenvalue weighted by molar-refractivity contribution is 8.01. The van der Waals surface area contributed by atoms with E-state index in [9.17, 15) is 29.1 Å². The first-order valence-electron chi connectivity index (χ1n) is 13.6. The van der Waals surface area contributed by atoms with Crippen LogP contribution >= 0.6 is 34.9 Å². The van der Waals surface area contributed by atoms with Crippen molar-refractivity contribution < 1.29 is 38.7 Å². The van der Waals surface area contributed by atoms with Gasteiger partial charge in [-0.1, -0.05) is 5.16 Å². The van der Waals surface area contributed by atoms with Gasteiger partial charge in [-0.15, -0.1) is 40.0 Å². The van der Waals surface area contributed by atoms with Crippen molar-refractivity contribution in [3.8, 4) is 0 Å². The van der Waals surface area contributed by atoms with Crippen LogP contribution < -0.4 is 16.8 Å². The Morgan fingerprint density at radius 1 is 1.23 bits per heavy atom. The first-order chi connectivity index (χ1) is 22.1. The summed E-state index contributed by atoms with van der Waals surface area (Å²) in [6, 6.07) is 0.608. The van der Waals surface area contributed by atoms with Gasteiger partial charge < -0.3 is 31.5 Å². The molecule has 3 amide bonds. The second-order valence-corrected chi connectivity index (χ2v) is 14.0. The van der Waals surface area contributed by atoms with Crippen LogP contribution in [0.4, 0.5) is 5.13 Å². The van der Waals surface area contributed by atoms with E-state index < -0.39 is 53.3 Å². The number of thiazole rings is 1. The number of thioether (sulfide) groups is 2. The Morgan fingerprint density at radius 3 is 2.62 bits per heavy atom. The van der Waals surface area contributed by atoms with Crippen LogP contribution in [0.2, 0.25) is 0 Å². The first kappa shape index (κ1) is 33.6. The van der Waals surface area contributed by atoms with E-state index in [1.807, 2.05) is 0 Å². The Balaban J connectivity index is 1.31. The van der Waals surface area contributed by atoms with Crippen LogP contribution in [0.25, 0.3) is 5.78 Å². The fourth-order valence-corrected chi connectivity index (χ4v) is 7.53. The first-order valence-corrected chi connectivity index (χ1v) is 16.6. The summed E-state index contributed by atoms with van der Waals surface area (Å²) in [6.07, 6.45) is 0. The summed E-state index contributed by atoms with van der Waals surface area (Å²) < 4.78 is 6.51. The fourth-order valence-electron chi connectivity index (χ4n) is 4.45. The second kappa shape index (κ2) is 13.2. The van der Waals surface area contributed by atoms with Crippen LogP contribution in [0.5, 0.6) is 0 Å². The molecule has 0 bridgehead atoms. The molecule has 47 heavy (non-hydrogen) atoms. The number of nitrogens with zero attached hydrogens (tertiary/aromatic N) is 7. The van der Waals surface area contributed by atoms with Crippen LogP contribution in [0.15, 0.2) is 32.9 Å². The van der Waals surface area contributed by atoms with Crippen LogP contribution in [-0.2, 0) is 28.8 Å². The number of ether oxygens (including phenoxy) is 1. The average Bonchev–Trinajstić information content (AvgIpc) is 3.61. The van der Waals surface area contributed by atoms with Crippen molar-refractivity contribution in [2.24, 2.45) is 10.9 Å². The minimum absolute atomic E-state index is 0.0512. The Bertz CT molecular complexity index is 1860. The largest absolute Gasteiger partial charge is 0.477 e. The van der Waals surface area contributed by atoms with Crippen molar-refractivity contribution in [1.29, 1.82) is 0 Å². The lowest BCUT2D eigenvalue weighted by Crippen LogP contribution is -2.71. The molecule has 1 saturated heterocycles. The summed E-state index contributed by atoms with van der Waals surface area (Å²) in [5.41, 5.74) is 10.8. The van der Waals surface area contributed by atoms with Gasteiger partial charge in [-0.05, 0) is 39.3 Å². The van der Waals surface area contributed by atoms with Crippen LogP contribution in [0.3, 0.4) is 0 Å². The van der Waals surface area contributed by atoms with E-state index in [-0.39, 0.29) is 45.3 Å². The standard InChI is InChI=1S/C26H28N10O8S3/c1-10-5-13(36-25(29-10)32-19(33-36)18(27)38)45-7-11-8-46-22-16(21(40)35(22)17(11)23(41)42)31-20(39)15(12-9-47-24(28)30-12)34-43-6-14(37)44-26(2,3)4/h5,9,16,22H,6-8H2,1-4H3,(H2,27,38)(H2,28,30)(H,31,39)(H,41,42)/b34-15-/t16-,22-/m1/s1. The lowest BCUT2D eigenvalue weighted by molar-refractivity contribution is -0.160. The highest BCUT2D eigenvalue weighted by Crippen LogP contribution is 2.41. The van der Waals surface area contributed by atoms with Crippen LogP contribution in [-0.4, -0.2) is 105 Å². The zero-order valence-corrected chi connectivity index (χ0v) is 27.7. The van der Waals surface area contributed by atoms with Gasteiger partial charge >= 0.3 is 11.9 Å². The molecule has 6 N–H and O–H groups in total. The summed E-state index contributed by atoms with van der Waals surface area (Å²) >= 11 is 3.53. The number of carboxylic acid groups (broad SMARTS) is 1. The molecule has 3 aromatic heterocycles. The predicted octanol–water partition coefficient (Wildman–Crippen LogP) is 0.164. The minimum Gasteiger partial charge on any atom is -0.477 e. The van der Waals surface area contributed by atoms with Crippen molar-refractivity contribution in [3.63, 3.8) is 0 Å². The van der Waals surface area contributed by atoms with E-state index in [4.69, 9.17) is 21.0 Å². The number of aromatic nitrogens is 5. The molecule has 0 saturated carbocycles. The third-order valence-corrected chi connectivity index (χ3v) is 9.39. The van der Waals surface area contributed by atoms with Gasteiger partial charge in [-0.2, -0.15) is 9.50 Å². The number of aliphatic carboxylic acids is 1. The number of nitrogens with two attached hydrogens (primary N) is 2. The Morgan fingerprint density at radius 2 is 1.98 bits per heavy atom. The highest BCUT2D eigenvalue weighted by atomic mass is 32.2. The maximum atomic E-state index is 13.3. The van der Waals surface area contributed by atoms with Gasteiger partial charge in [-0.25, -0.2) is 19.6 Å². The quantitative estimate of drug-likeness (QED) is 0.0518. The number of carboxylic acids is 1. The topological polar surface area (TPSA) is 260 Å². The number of carbonyl (C=O) groups excluding carboxylic acids is 4. The number of carbonyl (C=O) groups is 5. The molecular weight excluding hydrogens is 677 g/mol. The maximum absolute atomic E-state index is 13.3. The number of anilines is 1. The van der Waals surface area contributed by atoms with E-state index in [0.29, 0.717) is 16.3 Å². The highest BCUT2D eigenvalue weighted by Gasteiger charge is 2.54. The molecule has 0 aliphatic carbocycles. The lowest BCUT2D eigenvalue weighted by atomic mass is 10.0. The molecule has 21 heteroatoms. The number of nitrogens with one attached hydrogen (secondary N) is 1. The third-order valence-electron chi connectivity index (χ3n) is 6.30. The van der Waals surface area contributed by atoms with E-state index in [2.05, 4.69) is 30.5 Å². The maximum Gasteiger partial charge on any atom is 0.352 e. The number of esters is 1. The van der Waals surface area contributed by atoms with Crippen molar-refractivity contribution in [3.05, 3.63) is 39.9 Å². The van der Waals surface area contributed by atoms with Crippen LogP contribution in [0.1, 0.15) is 42.8 Å². The van der Waals surface area contributed by atoms with Gasteiger partial charge in [0.1, 0.15) is 33.4 Å². The lowest BCUT2D eigenvalue weighted by Gasteiger charge is -2.49. The zero-order chi connectivity index (χ0) is 34.2. The SMILES string of the molecule is Cc1cc(SCC2=C(C(=O)O)N3C(=O)[C@@H](NC(=O)/C(=N\OCC(=O)OC(C)(C)C)c4csc(N)n4)[C@H]3SC2)n2nc(C(N)=O)nc2n1. The number of aryl methyl sites for hydroxylation is 1. The predicted molar refractivity (Wildman–Crippen MR) is 169 cm³/mol. The number of rotatable bonds is 11. The molecular formula is C26H28N10O8S3. The molecule has 0 unspecified atom stereocenters. The van der Waals surface area contributed by atoms with Crippen molar-refractivity contribution in [2.75, 3.05) is 23.8 Å². The number of hydrogen-bond acceptors (Lipinski definition) is 16. The number of nitrogen functional groups attached to an aromatic ring is 1. The number of β-lactam (4-membered cyclic amide) rings is 1. The van der Waals surface area contributed by atoms with Gasteiger partial charge in [0.25, 0.3) is 23.5 Å².